The van der Waals surface area contributed by atoms with Gasteiger partial charge in [-0.15, -0.1) is 0 Å². The molecule has 0 spiro atoms. The second-order valence-corrected chi connectivity index (χ2v) is 5.99. The molecule has 0 saturated carbocycles. The minimum atomic E-state index is 0.886. The van der Waals surface area contributed by atoms with Crippen molar-refractivity contribution in [1.82, 2.24) is 5.32 Å². The normalized spacial score (nSPS) is 10.6. The summed E-state index contributed by atoms with van der Waals surface area (Å²) in [6.45, 7) is 8.27. The minimum absolute atomic E-state index is 0.886. The van der Waals surface area contributed by atoms with Gasteiger partial charge in [-0.05, 0) is 49.2 Å². The fourth-order valence-electron chi connectivity index (χ4n) is 2.41. The number of halogens is 1. The van der Waals surface area contributed by atoms with E-state index in [9.17, 15) is 0 Å². The lowest BCUT2D eigenvalue weighted by molar-refractivity contribution is 0.693. The van der Waals surface area contributed by atoms with E-state index in [1.54, 1.807) is 0 Å². The molecule has 0 atom stereocenters. The van der Waals surface area contributed by atoms with E-state index in [0.29, 0.717) is 0 Å². The van der Waals surface area contributed by atoms with Crippen LogP contribution >= 0.6 is 15.9 Å². The monoisotopic (exact) mass is 346 g/mol. The van der Waals surface area contributed by atoms with Gasteiger partial charge in [0, 0.05) is 36.3 Å². The summed E-state index contributed by atoms with van der Waals surface area (Å²) < 4.78 is 1.13. The summed E-state index contributed by atoms with van der Waals surface area (Å²) in [5.74, 6) is 0. The number of anilines is 1. The smallest absolute Gasteiger partial charge is 0.0366 e. The van der Waals surface area contributed by atoms with Crippen molar-refractivity contribution in [3.8, 4) is 0 Å². The topological polar surface area (TPSA) is 15.3 Å². The Labute approximate surface area is 136 Å². The van der Waals surface area contributed by atoms with Crippen molar-refractivity contribution in [2.45, 2.75) is 26.9 Å². The van der Waals surface area contributed by atoms with Crippen molar-refractivity contribution in [2.75, 3.05) is 18.0 Å². The zero-order valence-electron chi connectivity index (χ0n) is 12.8. The van der Waals surface area contributed by atoms with Crippen molar-refractivity contribution in [3.05, 3.63) is 64.1 Å². The maximum atomic E-state index is 3.50. The third-order valence-electron chi connectivity index (χ3n) is 3.61. The van der Waals surface area contributed by atoms with Gasteiger partial charge in [0.2, 0.25) is 0 Å². The van der Waals surface area contributed by atoms with E-state index in [1.807, 2.05) is 0 Å². The van der Waals surface area contributed by atoms with Crippen LogP contribution in [-0.2, 0) is 13.1 Å². The van der Waals surface area contributed by atoms with Crippen molar-refractivity contribution in [3.63, 3.8) is 0 Å². The van der Waals surface area contributed by atoms with E-state index >= 15 is 0 Å². The maximum Gasteiger partial charge on any atom is 0.0366 e. The lowest BCUT2D eigenvalue weighted by Crippen LogP contribution is -2.21. The Morgan fingerprint density at radius 3 is 2.19 bits per heavy atom. The Morgan fingerprint density at radius 2 is 1.57 bits per heavy atom. The van der Waals surface area contributed by atoms with Crippen LogP contribution in [0.2, 0.25) is 0 Å². The van der Waals surface area contributed by atoms with E-state index in [0.717, 1.165) is 30.7 Å². The van der Waals surface area contributed by atoms with E-state index in [2.05, 4.69) is 88.5 Å². The summed E-state index contributed by atoms with van der Waals surface area (Å²) in [4.78, 5) is 2.36. The molecule has 0 aliphatic rings. The van der Waals surface area contributed by atoms with E-state index in [4.69, 9.17) is 0 Å². The Hall–Kier alpha value is -1.32. The molecular weight excluding hydrogens is 324 g/mol. The van der Waals surface area contributed by atoms with E-state index < -0.39 is 0 Å². The predicted molar refractivity (Wildman–Crippen MR) is 94.7 cm³/mol. The number of hydrogen-bond donors (Lipinski definition) is 1. The first-order valence-corrected chi connectivity index (χ1v) is 8.31. The van der Waals surface area contributed by atoms with Crippen LogP contribution in [0.1, 0.15) is 25.0 Å². The third kappa shape index (κ3) is 4.87. The first-order chi connectivity index (χ1) is 10.2. The number of rotatable bonds is 7. The average molecular weight is 347 g/mol. The Kier molecular flexibility index (Phi) is 6.27. The third-order valence-corrected chi connectivity index (χ3v) is 4.11. The highest BCUT2D eigenvalue weighted by atomic mass is 79.9. The lowest BCUT2D eigenvalue weighted by Gasteiger charge is -2.21. The molecule has 0 aliphatic carbocycles. The number of benzene rings is 2. The zero-order chi connectivity index (χ0) is 15.1. The molecule has 3 heteroatoms. The molecule has 0 unspecified atom stereocenters. The average Bonchev–Trinajstić information content (AvgIpc) is 2.50. The molecule has 0 bridgehead atoms. The van der Waals surface area contributed by atoms with Gasteiger partial charge in [0.25, 0.3) is 0 Å². The second kappa shape index (κ2) is 8.20. The van der Waals surface area contributed by atoms with Gasteiger partial charge in [-0.3, -0.25) is 0 Å². The Morgan fingerprint density at radius 1 is 0.905 bits per heavy atom. The highest BCUT2D eigenvalue weighted by Gasteiger charge is 2.01. The number of nitrogens with one attached hydrogen (secondary N) is 1. The highest BCUT2D eigenvalue weighted by Crippen LogP contribution is 2.15. The molecule has 1 N–H and O–H groups in total. The van der Waals surface area contributed by atoms with Crippen molar-refractivity contribution in [1.29, 1.82) is 0 Å². The molecule has 112 valence electrons. The molecular formula is C18H23BrN2. The van der Waals surface area contributed by atoms with Gasteiger partial charge < -0.3 is 10.2 Å². The molecule has 2 nitrogen and oxygen atoms in total. The number of hydrogen-bond acceptors (Lipinski definition) is 2. The summed E-state index contributed by atoms with van der Waals surface area (Å²) in [6, 6.07) is 17.3. The fraction of sp³-hybridized carbons (Fsp3) is 0.333. The van der Waals surface area contributed by atoms with Gasteiger partial charge in [-0.25, -0.2) is 0 Å². The van der Waals surface area contributed by atoms with Gasteiger partial charge in [0.15, 0.2) is 0 Å². The molecule has 0 aromatic heterocycles. The quantitative estimate of drug-likeness (QED) is 0.788. The first-order valence-electron chi connectivity index (χ1n) is 7.52. The molecule has 0 radical (unpaired) electrons. The molecule has 0 fully saturated rings. The summed E-state index contributed by atoms with van der Waals surface area (Å²) in [6.07, 6.45) is 0. The molecule has 0 amide bonds. The van der Waals surface area contributed by atoms with Crippen LogP contribution in [0.25, 0.3) is 0 Å². The highest BCUT2D eigenvalue weighted by molar-refractivity contribution is 9.10. The van der Waals surface area contributed by atoms with Crippen LogP contribution in [0.5, 0.6) is 0 Å². The van der Waals surface area contributed by atoms with E-state index in [1.165, 1.54) is 16.8 Å². The first kappa shape index (κ1) is 16.1. The zero-order valence-corrected chi connectivity index (χ0v) is 14.4. The predicted octanol–water partition coefficient (Wildman–Crippen LogP) is 4.59. The summed E-state index contributed by atoms with van der Waals surface area (Å²) in [5.41, 5.74) is 3.92. The molecule has 0 heterocycles. The summed E-state index contributed by atoms with van der Waals surface area (Å²) >= 11 is 3.50. The van der Waals surface area contributed by atoms with Crippen LogP contribution in [0.4, 0.5) is 5.69 Å². The van der Waals surface area contributed by atoms with Gasteiger partial charge in [-0.2, -0.15) is 0 Å². The minimum Gasteiger partial charge on any atom is -0.372 e. The molecule has 2 rings (SSSR count). The van der Waals surface area contributed by atoms with Crippen LogP contribution in [0, 0.1) is 0 Å². The van der Waals surface area contributed by atoms with Crippen LogP contribution in [-0.4, -0.2) is 13.1 Å². The molecule has 0 saturated heterocycles. The van der Waals surface area contributed by atoms with Crippen LogP contribution < -0.4 is 10.2 Å². The lowest BCUT2D eigenvalue weighted by atomic mass is 10.2. The second-order valence-electron chi connectivity index (χ2n) is 5.07. The van der Waals surface area contributed by atoms with Crippen LogP contribution in [0.3, 0.4) is 0 Å². The van der Waals surface area contributed by atoms with Crippen molar-refractivity contribution in [2.24, 2.45) is 0 Å². The molecule has 21 heavy (non-hydrogen) atoms. The summed E-state index contributed by atoms with van der Waals surface area (Å²) in [7, 11) is 0. The van der Waals surface area contributed by atoms with Crippen molar-refractivity contribution >= 4 is 21.6 Å². The van der Waals surface area contributed by atoms with Gasteiger partial charge in [0.1, 0.15) is 0 Å². The summed E-state index contributed by atoms with van der Waals surface area (Å²) in [5, 5.41) is 3.49. The largest absolute Gasteiger partial charge is 0.372 e. The SMILES string of the molecule is CCN(CC)c1ccc(CNCc2cccc(Br)c2)cc1. The standard InChI is InChI=1S/C18H23BrN2/c1-3-21(4-2)18-10-8-15(9-11-18)13-20-14-16-6-5-7-17(19)12-16/h5-12,20H,3-4,13-14H2,1-2H3. The van der Waals surface area contributed by atoms with Crippen LogP contribution in [0.15, 0.2) is 53.0 Å². The maximum absolute atomic E-state index is 3.50. The Bertz CT molecular complexity index is 547. The molecule has 2 aromatic rings. The van der Waals surface area contributed by atoms with Gasteiger partial charge in [0.05, 0.1) is 0 Å². The Balaban J connectivity index is 1.86. The van der Waals surface area contributed by atoms with Crippen molar-refractivity contribution < 1.29 is 0 Å². The van der Waals surface area contributed by atoms with Gasteiger partial charge >= 0.3 is 0 Å². The fourth-order valence-corrected chi connectivity index (χ4v) is 2.86. The van der Waals surface area contributed by atoms with E-state index in [-0.39, 0.29) is 0 Å². The van der Waals surface area contributed by atoms with Gasteiger partial charge in [-0.1, -0.05) is 40.2 Å². The molecule has 0 aliphatic heterocycles. The molecule has 2 aromatic carbocycles. The number of nitrogens with zero attached hydrogens (tertiary/aromatic N) is 1.